The van der Waals surface area contributed by atoms with Gasteiger partial charge in [0.25, 0.3) is 0 Å². The van der Waals surface area contributed by atoms with E-state index in [4.69, 9.17) is 29.8 Å². The van der Waals surface area contributed by atoms with E-state index in [-0.39, 0.29) is 0 Å². The molecule has 0 unspecified atom stereocenters. The Morgan fingerprint density at radius 3 is 1.65 bits per heavy atom. The molecule has 0 fully saturated rings. The lowest BCUT2D eigenvalue weighted by Crippen LogP contribution is -2.13. The number of rotatable bonds is 8. The summed E-state index contributed by atoms with van der Waals surface area (Å²) in [5.74, 6) is -0.675. The average Bonchev–Trinajstić information content (AvgIpc) is 2.21. The fourth-order valence-corrected chi connectivity index (χ4v) is 3.10. The maximum absolute atomic E-state index is 10.3. The standard InChI is InChI=1S/C7H14O2.C2H8O7P2/c1-2-3-4-5-6-7(8)9;3-1-2(10(4,5)6)11(7,8)9/h2-6H2,1H3,(H,8,9);2-3H,1H2,(H2,4,5,6)(H2,7,8,9). The van der Waals surface area contributed by atoms with E-state index in [0.717, 1.165) is 19.3 Å². The SMILES string of the molecule is CCCCCCC(=O)O.O=P(O)(O)C(CO)P(=O)(O)O. The normalized spacial score (nSPS) is 11.9. The molecule has 0 aliphatic rings. The Kier molecular flexibility index (Phi) is 11.5. The van der Waals surface area contributed by atoms with Crippen molar-refractivity contribution in [3.63, 3.8) is 0 Å². The van der Waals surface area contributed by atoms with Gasteiger partial charge in [0.2, 0.25) is 0 Å². The van der Waals surface area contributed by atoms with Gasteiger partial charge in [0.05, 0.1) is 6.61 Å². The van der Waals surface area contributed by atoms with Gasteiger partial charge in [-0.15, -0.1) is 0 Å². The van der Waals surface area contributed by atoms with E-state index in [1.165, 1.54) is 6.42 Å². The predicted molar refractivity (Wildman–Crippen MR) is 71.4 cm³/mol. The molecule has 122 valence electrons. The summed E-state index contributed by atoms with van der Waals surface area (Å²) in [6.45, 7) is 0.870. The topological polar surface area (TPSA) is 173 Å². The molecule has 0 heterocycles. The smallest absolute Gasteiger partial charge is 0.343 e. The van der Waals surface area contributed by atoms with Gasteiger partial charge in [-0.1, -0.05) is 26.2 Å². The van der Waals surface area contributed by atoms with Crippen LogP contribution in [0.2, 0.25) is 0 Å². The molecule has 0 bridgehead atoms. The van der Waals surface area contributed by atoms with Gasteiger partial charge < -0.3 is 29.8 Å². The zero-order chi connectivity index (χ0) is 16.4. The van der Waals surface area contributed by atoms with Crippen LogP contribution in [-0.2, 0) is 13.9 Å². The number of carboxylic acids is 1. The highest BCUT2D eigenvalue weighted by Crippen LogP contribution is 2.59. The van der Waals surface area contributed by atoms with Crippen LogP contribution in [0.3, 0.4) is 0 Å². The molecule has 0 rings (SSSR count). The summed E-state index contributed by atoms with van der Waals surface area (Å²) in [7, 11) is -9.82. The number of hydrogen-bond acceptors (Lipinski definition) is 4. The molecule has 20 heavy (non-hydrogen) atoms. The number of aliphatic carboxylic acids is 1. The molecule has 0 amide bonds. The monoisotopic (exact) mass is 336 g/mol. The first-order valence-electron chi connectivity index (χ1n) is 5.89. The van der Waals surface area contributed by atoms with Crippen LogP contribution in [0, 0.1) is 0 Å². The lowest BCUT2D eigenvalue weighted by Gasteiger charge is -2.16. The Labute approximate surface area is 117 Å². The Hall–Kier alpha value is -0.270. The Balaban J connectivity index is 0. The molecule has 0 aliphatic carbocycles. The van der Waals surface area contributed by atoms with Gasteiger partial charge in [-0.2, -0.15) is 0 Å². The van der Waals surface area contributed by atoms with E-state index in [2.05, 4.69) is 6.92 Å². The van der Waals surface area contributed by atoms with Crippen LogP contribution in [0.4, 0.5) is 0 Å². The van der Waals surface area contributed by atoms with Crippen molar-refractivity contribution in [2.75, 3.05) is 6.61 Å². The highest BCUT2D eigenvalue weighted by molar-refractivity contribution is 7.70. The molecule has 6 N–H and O–H groups in total. The molecule has 0 saturated heterocycles. The molecule has 0 atom stereocenters. The van der Waals surface area contributed by atoms with Crippen LogP contribution >= 0.6 is 15.2 Å². The molecule has 0 aromatic carbocycles. The number of hydrogen-bond donors (Lipinski definition) is 6. The number of aliphatic hydroxyl groups excluding tert-OH is 1. The van der Waals surface area contributed by atoms with Crippen molar-refractivity contribution >= 4 is 21.2 Å². The molecule has 9 nitrogen and oxygen atoms in total. The first-order valence-corrected chi connectivity index (χ1v) is 9.26. The van der Waals surface area contributed by atoms with Gasteiger partial charge in [-0.3, -0.25) is 13.9 Å². The van der Waals surface area contributed by atoms with Crippen molar-refractivity contribution in [2.24, 2.45) is 0 Å². The molecule has 11 heteroatoms. The minimum Gasteiger partial charge on any atom is -0.481 e. The third-order valence-corrected chi connectivity index (χ3v) is 5.87. The third-order valence-electron chi connectivity index (χ3n) is 2.18. The molecule has 0 spiro atoms. The van der Waals surface area contributed by atoms with Crippen LogP contribution in [0.5, 0.6) is 0 Å². The number of unbranched alkanes of at least 4 members (excludes halogenated alkanes) is 3. The quantitative estimate of drug-likeness (QED) is 0.275. The van der Waals surface area contributed by atoms with E-state index < -0.39 is 33.2 Å². The van der Waals surface area contributed by atoms with Crippen LogP contribution < -0.4 is 0 Å². The van der Waals surface area contributed by atoms with E-state index >= 15 is 0 Å². The van der Waals surface area contributed by atoms with Crippen LogP contribution in [-0.4, -0.2) is 47.8 Å². The first kappa shape index (κ1) is 22.0. The molecule has 0 aromatic rings. The molecule has 0 aliphatic heterocycles. The largest absolute Gasteiger partial charge is 0.481 e. The highest BCUT2D eigenvalue weighted by atomic mass is 31.2. The van der Waals surface area contributed by atoms with Gasteiger partial charge in [-0.25, -0.2) is 0 Å². The maximum atomic E-state index is 10.3. The zero-order valence-electron chi connectivity index (χ0n) is 11.1. The summed E-state index contributed by atoms with van der Waals surface area (Å²) >= 11 is 0. The first-order chi connectivity index (χ1) is 8.96. The highest BCUT2D eigenvalue weighted by Gasteiger charge is 2.42. The summed E-state index contributed by atoms with van der Waals surface area (Å²) in [5.41, 5.74) is 0. The molecule has 0 radical (unpaired) electrons. The summed E-state index contributed by atoms with van der Waals surface area (Å²) in [4.78, 5) is 43.1. The lowest BCUT2D eigenvalue weighted by atomic mass is 10.2. The minimum atomic E-state index is -4.91. The Morgan fingerprint density at radius 2 is 1.45 bits per heavy atom. The van der Waals surface area contributed by atoms with E-state index in [1.807, 2.05) is 0 Å². The fraction of sp³-hybridized carbons (Fsp3) is 0.889. The summed E-state index contributed by atoms with van der Waals surface area (Å²) in [5, 5.41) is 14.1. The Morgan fingerprint density at radius 1 is 1.00 bits per heavy atom. The molecular weight excluding hydrogens is 314 g/mol. The lowest BCUT2D eigenvalue weighted by molar-refractivity contribution is -0.137. The average molecular weight is 336 g/mol. The van der Waals surface area contributed by atoms with E-state index in [1.54, 1.807) is 0 Å². The van der Waals surface area contributed by atoms with Crippen molar-refractivity contribution in [1.82, 2.24) is 0 Å². The minimum absolute atomic E-state index is 0.333. The van der Waals surface area contributed by atoms with Gasteiger partial charge in [0.1, 0.15) is 0 Å². The third kappa shape index (κ3) is 12.7. The fourth-order valence-electron chi connectivity index (χ4n) is 1.11. The van der Waals surface area contributed by atoms with Gasteiger partial charge in [0, 0.05) is 6.42 Å². The summed E-state index contributed by atoms with van der Waals surface area (Å²) in [6, 6.07) is 0. The van der Waals surface area contributed by atoms with Crippen LogP contribution in [0.15, 0.2) is 0 Å². The van der Waals surface area contributed by atoms with Gasteiger partial charge in [0.15, 0.2) is 5.40 Å². The molecular formula is C9H22O9P2. The maximum Gasteiger partial charge on any atom is 0.343 e. The van der Waals surface area contributed by atoms with Gasteiger partial charge >= 0.3 is 21.2 Å². The zero-order valence-corrected chi connectivity index (χ0v) is 12.9. The van der Waals surface area contributed by atoms with E-state index in [9.17, 15) is 13.9 Å². The number of aliphatic hydroxyl groups is 1. The van der Waals surface area contributed by atoms with Crippen molar-refractivity contribution < 1.29 is 43.7 Å². The van der Waals surface area contributed by atoms with Crippen molar-refractivity contribution in [1.29, 1.82) is 0 Å². The summed E-state index contributed by atoms with van der Waals surface area (Å²) in [6.07, 6.45) is 4.55. The predicted octanol–water partition coefficient (Wildman–Crippen LogP) is 0.702. The Bertz CT molecular complexity index is 336. The van der Waals surface area contributed by atoms with Crippen molar-refractivity contribution in [3.05, 3.63) is 0 Å². The van der Waals surface area contributed by atoms with Crippen LogP contribution in [0.25, 0.3) is 0 Å². The molecule has 0 saturated carbocycles. The molecule has 0 aromatic heterocycles. The second-order valence-electron chi connectivity index (χ2n) is 4.05. The van der Waals surface area contributed by atoms with Crippen molar-refractivity contribution in [3.8, 4) is 0 Å². The second-order valence-corrected chi connectivity index (χ2v) is 8.06. The number of carboxylic acid groups (broad SMARTS) is 1. The number of carbonyl (C=O) groups is 1. The van der Waals surface area contributed by atoms with Crippen LogP contribution in [0.1, 0.15) is 39.0 Å². The summed E-state index contributed by atoms with van der Waals surface area (Å²) < 4.78 is 20.5. The second kappa shape index (κ2) is 10.5. The van der Waals surface area contributed by atoms with E-state index in [0.29, 0.717) is 6.42 Å². The van der Waals surface area contributed by atoms with Gasteiger partial charge in [-0.05, 0) is 6.42 Å². The van der Waals surface area contributed by atoms with Crippen molar-refractivity contribution in [2.45, 2.75) is 44.4 Å².